The van der Waals surface area contributed by atoms with Gasteiger partial charge in [-0.05, 0) is 12.1 Å². The van der Waals surface area contributed by atoms with Crippen molar-refractivity contribution in [1.82, 2.24) is 20.2 Å². The number of hydrogen-bond acceptors (Lipinski definition) is 7. The normalized spacial score (nSPS) is 10.6. The molecule has 0 unspecified atom stereocenters. The molecule has 0 aliphatic heterocycles. The number of benzene rings is 1. The molecule has 0 radical (unpaired) electrons. The number of methoxy groups -OCH3 is 1. The highest BCUT2D eigenvalue weighted by Crippen LogP contribution is 2.29. The molecule has 2 aromatic heterocycles. The Balaban J connectivity index is 2.04. The maximum Gasteiger partial charge on any atom is 0.241 e. The second-order valence-electron chi connectivity index (χ2n) is 4.18. The zero-order valence-electron chi connectivity index (χ0n) is 11.0. The van der Waals surface area contributed by atoms with E-state index in [2.05, 4.69) is 46.8 Å². The number of anilines is 3. The Morgan fingerprint density at radius 2 is 2.14 bits per heavy atom. The number of rotatable bonds is 4. The highest BCUT2D eigenvalue weighted by molar-refractivity contribution is 9.10. The average molecular weight is 350 g/mol. The van der Waals surface area contributed by atoms with E-state index in [9.17, 15) is 0 Å². The minimum absolute atomic E-state index is 0.288. The minimum Gasteiger partial charge on any atom is -0.497 e. The summed E-state index contributed by atoms with van der Waals surface area (Å²) in [5.41, 5.74) is 3.82. The number of ether oxygens (including phenoxy) is 1. The summed E-state index contributed by atoms with van der Waals surface area (Å²) in [5.74, 6) is 6.97. The van der Waals surface area contributed by atoms with Crippen LogP contribution in [0.5, 0.6) is 5.75 Å². The van der Waals surface area contributed by atoms with E-state index in [-0.39, 0.29) is 5.95 Å². The molecule has 8 nitrogen and oxygen atoms in total. The third-order valence-corrected chi connectivity index (χ3v) is 3.27. The molecule has 9 heteroatoms. The van der Waals surface area contributed by atoms with Crippen LogP contribution >= 0.6 is 15.9 Å². The number of nitrogens with two attached hydrogens (primary N) is 1. The van der Waals surface area contributed by atoms with Gasteiger partial charge in [-0.3, -0.25) is 10.5 Å². The first-order valence-corrected chi connectivity index (χ1v) is 6.78. The number of hydrogen-bond donors (Lipinski definition) is 4. The second-order valence-corrected chi connectivity index (χ2v) is 5.09. The molecule has 0 aliphatic rings. The summed E-state index contributed by atoms with van der Waals surface area (Å²) in [6, 6.07) is 5.63. The number of nitrogens with one attached hydrogen (secondary N) is 3. The van der Waals surface area contributed by atoms with Gasteiger partial charge >= 0.3 is 0 Å². The monoisotopic (exact) mass is 349 g/mol. The van der Waals surface area contributed by atoms with Gasteiger partial charge in [0.05, 0.1) is 18.7 Å². The molecule has 5 N–H and O–H groups in total. The van der Waals surface area contributed by atoms with Crippen molar-refractivity contribution in [1.29, 1.82) is 0 Å². The molecular formula is C12H12BrN7O. The van der Waals surface area contributed by atoms with Crippen LogP contribution in [0.1, 0.15) is 0 Å². The lowest BCUT2D eigenvalue weighted by Crippen LogP contribution is -2.11. The Bertz CT molecular complexity index is 788. The van der Waals surface area contributed by atoms with Crippen LogP contribution in [0.2, 0.25) is 0 Å². The molecule has 21 heavy (non-hydrogen) atoms. The third-order valence-electron chi connectivity index (χ3n) is 2.81. The van der Waals surface area contributed by atoms with Crippen molar-refractivity contribution in [2.24, 2.45) is 5.84 Å². The van der Waals surface area contributed by atoms with Crippen LogP contribution in [-0.4, -0.2) is 27.3 Å². The van der Waals surface area contributed by atoms with Gasteiger partial charge in [0.2, 0.25) is 5.95 Å². The Morgan fingerprint density at radius 3 is 2.90 bits per heavy atom. The molecule has 0 atom stereocenters. The number of nitrogen functional groups attached to an aromatic ring is 1. The van der Waals surface area contributed by atoms with Crippen molar-refractivity contribution >= 4 is 44.4 Å². The van der Waals surface area contributed by atoms with E-state index in [1.165, 1.54) is 0 Å². The summed E-state index contributed by atoms with van der Waals surface area (Å²) >= 11 is 3.43. The Kier molecular flexibility index (Phi) is 3.59. The van der Waals surface area contributed by atoms with Gasteiger partial charge in [-0.25, -0.2) is 5.84 Å². The molecule has 0 amide bonds. The number of aromatic amines is 1. The molecule has 1 aromatic carbocycles. The van der Waals surface area contributed by atoms with Crippen molar-refractivity contribution in [2.45, 2.75) is 0 Å². The van der Waals surface area contributed by atoms with E-state index in [0.717, 1.165) is 21.3 Å². The van der Waals surface area contributed by atoms with Gasteiger partial charge in [0.1, 0.15) is 11.6 Å². The van der Waals surface area contributed by atoms with Gasteiger partial charge in [-0.1, -0.05) is 15.9 Å². The van der Waals surface area contributed by atoms with Gasteiger partial charge in [0.15, 0.2) is 5.65 Å². The van der Waals surface area contributed by atoms with E-state index in [1.807, 2.05) is 18.2 Å². The van der Waals surface area contributed by atoms with Gasteiger partial charge in [0, 0.05) is 16.2 Å². The van der Waals surface area contributed by atoms with Crippen LogP contribution in [0, 0.1) is 0 Å². The first-order valence-electron chi connectivity index (χ1n) is 5.99. The summed E-state index contributed by atoms with van der Waals surface area (Å²) in [5, 5.41) is 10.7. The number of hydrazine groups is 1. The Morgan fingerprint density at radius 1 is 1.29 bits per heavy atom. The summed E-state index contributed by atoms with van der Waals surface area (Å²) < 4.78 is 6.13. The van der Waals surface area contributed by atoms with Crippen LogP contribution in [-0.2, 0) is 0 Å². The fourth-order valence-corrected chi connectivity index (χ4v) is 2.36. The van der Waals surface area contributed by atoms with E-state index >= 15 is 0 Å². The fourth-order valence-electron chi connectivity index (χ4n) is 1.88. The van der Waals surface area contributed by atoms with Gasteiger partial charge in [0.25, 0.3) is 0 Å². The first-order chi connectivity index (χ1) is 10.2. The van der Waals surface area contributed by atoms with E-state index in [0.29, 0.717) is 11.5 Å². The second kappa shape index (κ2) is 5.54. The summed E-state index contributed by atoms with van der Waals surface area (Å²) in [7, 11) is 1.61. The van der Waals surface area contributed by atoms with Crippen molar-refractivity contribution in [3.05, 3.63) is 28.9 Å². The largest absolute Gasteiger partial charge is 0.497 e. The lowest BCUT2D eigenvalue weighted by Gasteiger charge is -2.10. The van der Waals surface area contributed by atoms with Crippen molar-refractivity contribution in [3.63, 3.8) is 0 Å². The predicted molar refractivity (Wildman–Crippen MR) is 83.5 cm³/mol. The highest BCUT2D eigenvalue weighted by atomic mass is 79.9. The van der Waals surface area contributed by atoms with Gasteiger partial charge in [-0.15, -0.1) is 0 Å². The van der Waals surface area contributed by atoms with Crippen molar-refractivity contribution in [2.75, 3.05) is 17.9 Å². The topological polar surface area (TPSA) is 114 Å². The van der Waals surface area contributed by atoms with E-state index < -0.39 is 0 Å². The number of aromatic nitrogens is 4. The Hall–Kier alpha value is -2.39. The first kappa shape index (κ1) is 13.6. The molecule has 108 valence electrons. The zero-order chi connectivity index (χ0) is 14.8. The molecule has 0 fully saturated rings. The summed E-state index contributed by atoms with van der Waals surface area (Å²) in [6.45, 7) is 0. The van der Waals surface area contributed by atoms with Crippen molar-refractivity contribution < 1.29 is 4.74 Å². The maximum atomic E-state index is 5.38. The minimum atomic E-state index is 0.288. The molecule has 0 spiro atoms. The van der Waals surface area contributed by atoms with Crippen molar-refractivity contribution in [3.8, 4) is 5.75 Å². The van der Waals surface area contributed by atoms with Crippen LogP contribution < -0.4 is 21.3 Å². The predicted octanol–water partition coefficient (Wildman–Crippen LogP) is 2.15. The number of halogens is 1. The number of H-pyrrole nitrogens is 1. The van der Waals surface area contributed by atoms with E-state index in [4.69, 9.17) is 10.6 Å². The maximum absolute atomic E-state index is 5.38. The molecular weight excluding hydrogens is 338 g/mol. The standard InChI is InChI=1S/C12H12BrN7O/c1-21-8-3-6(13)2-7(4-8)16-10-9-5-15-20-11(9)18-12(17-10)19-14/h2-5H,14H2,1H3,(H3,15,16,17,18,19,20). The average Bonchev–Trinajstić information content (AvgIpc) is 2.95. The highest BCUT2D eigenvalue weighted by Gasteiger charge is 2.10. The van der Waals surface area contributed by atoms with Crippen LogP contribution in [0.25, 0.3) is 11.0 Å². The van der Waals surface area contributed by atoms with Crippen LogP contribution in [0.4, 0.5) is 17.5 Å². The quantitative estimate of drug-likeness (QED) is 0.421. The number of nitrogens with zero attached hydrogens (tertiary/aromatic N) is 3. The van der Waals surface area contributed by atoms with Gasteiger partial charge in [-0.2, -0.15) is 15.1 Å². The molecule has 0 saturated carbocycles. The lowest BCUT2D eigenvalue weighted by atomic mass is 10.3. The summed E-state index contributed by atoms with van der Waals surface area (Å²) in [6.07, 6.45) is 1.65. The molecule has 3 aromatic rings. The molecule has 0 aliphatic carbocycles. The van der Waals surface area contributed by atoms with E-state index in [1.54, 1.807) is 13.3 Å². The van der Waals surface area contributed by atoms with Gasteiger partial charge < -0.3 is 10.1 Å². The third kappa shape index (κ3) is 2.73. The number of fused-ring (bicyclic) bond motifs is 1. The zero-order valence-corrected chi connectivity index (χ0v) is 12.6. The summed E-state index contributed by atoms with van der Waals surface area (Å²) in [4.78, 5) is 8.47. The molecule has 0 bridgehead atoms. The lowest BCUT2D eigenvalue weighted by molar-refractivity contribution is 0.415. The molecule has 3 rings (SSSR count). The molecule has 0 saturated heterocycles. The fraction of sp³-hybridized carbons (Fsp3) is 0.0833. The van der Waals surface area contributed by atoms with Crippen LogP contribution in [0.3, 0.4) is 0 Å². The molecule has 2 heterocycles. The SMILES string of the molecule is COc1cc(Br)cc(Nc2nc(NN)nc3[nH]ncc23)c1. The Labute approximate surface area is 128 Å². The van der Waals surface area contributed by atoms with Crippen LogP contribution in [0.15, 0.2) is 28.9 Å². The smallest absolute Gasteiger partial charge is 0.241 e.